The molecule has 0 rings (SSSR count). The molecule has 0 bridgehead atoms. The molecule has 0 N–H and O–H groups in total. The summed E-state index contributed by atoms with van der Waals surface area (Å²) in [6.45, 7) is 0. The van der Waals surface area contributed by atoms with Gasteiger partial charge in [0.1, 0.15) is 0 Å². The van der Waals surface area contributed by atoms with Crippen molar-refractivity contribution in [1.82, 2.24) is 0 Å². The summed E-state index contributed by atoms with van der Waals surface area (Å²) in [5.74, 6) is 0. The average Bonchev–Trinajstić information content (AvgIpc) is 1.69. The quantitative estimate of drug-likeness (QED) is 0.542. The van der Waals surface area contributed by atoms with Gasteiger partial charge in [-0.05, 0) is 0 Å². The molecule has 0 aliphatic rings. The molecule has 42 valence electrons. The molecule has 0 heterocycles. The van der Waals surface area contributed by atoms with E-state index >= 15 is 0 Å². The Morgan fingerprint density at radius 3 is 2.38 bits per heavy atom. The second-order valence-corrected chi connectivity index (χ2v) is 2.08. The van der Waals surface area contributed by atoms with E-state index < -0.39 is 0 Å². The van der Waals surface area contributed by atoms with Crippen LogP contribution in [-0.4, -0.2) is 75.2 Å². The number of carbonyl (C=O) groups is 1. The average molecular weight is 270 g/mol. The third-order valence-corrected chi connectivity index (χ3v) is 1.22. The number of unbranched alkanes of at least 4 members (excludes halogenated alkanes) is 2. The van der Waals surface area contributed by atoms with Gasteiger partial charge in [-0.15, -0.1) is 0 Å². The molecule has 3 heteroatoms. The van der Waals surface area contributed by atoms with Gasteiger partial charge < -0.3 is 0 Å². The first kappa shape index (κ1) is 12.9. The molecule has 0 fully saturated rings. The van der Waals surface area contributed by atoms with Gasteiger partial charge in [-0.25, -0.2) is 0 Å². The molecule has 0 radical (unpaired) electrons. The summed E-state index contributed by atoms with van der Waals surface area (Å²) in [7, 11) is 0. The van der Waals surface area contributed by atoms with Crippen LogP contribution in [0.5, 0.6) is 0 Å². The molecule has 0 atom stereocenters. The molecule has 0 saturated heterocycles. The van der Waals surface area contributed by atoms with Crippen molar-refractivity contribution in [2.75, 3.05) is 0 Å². The van der Waals surface area contributed by atoms with E-state index in [-0.39, 0.29) is 68.9 Å². The summed E-state index contributed by atoms with van der Waals surface area (Å²) in [6, 6.07) is 0. The molecule has 0 aromatic carbocycles. The third kappa shape index (κ3) is 11.1. The predicted molar refractivity (Wildman–Crippen MR) is 31.9 cm³/mol. The summed E-state index contributed by atoms with van der Waals surface area (Å²) >= 11 is 2.51. The first-order chi connectivity index (χ1) is 3.41. The van der Waals surface area contributed by atoms with Crippen LogP contribution in [0.4, 0.5) is 0 Å². The zero-order chi connectivity index (χ0) is 5.54. The van der Waals surface area contributed by atoms with Crippen molar-refractivity contribution < 1.29 is 22.2 Å². The fraction of sp³-hybridized carbons (Fsp3) is 0.800. The van der Waals surface area contributed by atoms with E-state index in [0.29, 0.717) is 0 Å². The van der Waals surface area contributed by atoms with Crippen LogP contribution >= 0.6 is 0 Å². The molecule has 1 nitrogen and oxygen atoms in total. The van der Waals surface area contributed by atoms with Gasteiger partial charge in [-0.1, -0.05) is 0 Å². The van der Waals surface area contributed by atoms with Crippen LogP contribution in [0.3, 0.4) is 0 Å². The zero-order valence-electron chi connectivity index (χ0n) is 4.26. The molecule has 0 spiro atoms. The Morgan fingerprint density at radius 1 is 1.38 bits per heavy atom. The zero-order valence-corrected chi connectivity index (χ0v) is 5.66. The first-order valence-corrected chi connectivity index (χ1v) is 3.45. The van der Waals surface area contributed by atoms with Gasteiger partial charge in [0.05, 0.1) is 0 Å². The van der Waals surface area contributed by atoms with Crippen LogP contribution in [0.15, 0.2) is 0 Å². The van der Waals surface area contributed by atoms with E-state index in [1.807, 2.05) is 0 Å². The molecule has 0 aromatic heterocycles. The van der Waals surface area contributed by atoms with E-state index in [1.165, 1.54) is 6.42 Å². The second kappa shape index (κ2) is 12.0. The molecule has 0 saturated carbocycles. The van der Waals surface area contributed by atoms with Crippen LogP contribution < -0.4 is 0 Å². The van der Waals surface area contributed by atoms with Crippen LogP contribution in [0.25, 0.3) is 0 Å². The predicted octanol–water partition coefficient (Wildman–Crippen LogP) is 0.672. The third-order valence-electron chi connectivity index (χ3n) is 0.730. The first-order valence-electron chi connectivity index (χ1n) is 2.46. The molecule has 0 aliphatic carbocycles. The second-order valence-electron chi connectivity index (χ2n) is 1.39. The van der Waals surface area contributed by atoms with E-state index in [0.717, 1.165) is 24.3 Å². The van der Waals surface area contributed by atoms with Crippen molar-refractivity contribution in [1.29, 1.82) is 0 Å². The van der Waals surface area contributed by atoms with Gasteiger partial charge in [-0.2, -0.15) is 0 Å². The van der Waals surface area contributed by atoms with Gasteiger partial charge in [-0.3, -0.25) is 0 Å². The standard InChI is InChI=1S/C5H9O.Cs.V.H/c1-2-3-4-5-6;;;/h5H,1-4H2;;;. The number of hydrogen-bond acceptors (Lipinski definition) is 1. The Bertz CT molecular complexity index is 49.7. The number of rotatable bonds is 4. The van der Waals surface area contributed by atoms with E-state index in [1.54, 1.807) is 0 Å². The summed E-state index contributed by atoms with van der Waals surface area (Å²) < 4.78 is 0. The Morgan fingerprint density at radius 2 is 2.00 bits per heavy atom. The Hall–Kier alpha value is 2.31. The minimum absolute atomic E-state index is 0. The van der Waals surface area contributed by atoms with Crippen molar-refractivity contribution >= 4 is 75.2 Å². The maximum atomic E-state index is 9.67. The van der Waals surface area contributed by atoms with Crippen LogP contribution in [0, 0.1) is 0 Å². The van der Waals surface area contributed by atoms with E-state index in [9.17, 15) is 4.79 Å². The molecule has 0 amide bonds. The van der Waals surface area contributed by atoms with Crippen LogP contribution in [0.1, 0.15) is 19.3 Å². The molecule has 0 aromatic rings. The monoisotopic (exact) mass is 270 g/mol. The van der Waals surface area contributed by atoms with Crippen molar-refractivity contribution in [3.63, 3.8) is 0 Å². The van der Waals surface area contributed by atoms with Crippen molar-refractivity contribution in [2.24, 2.45) is 0 Å². The number of hydrogen-bond donors (Lipinski definition) is 0. The normalized spacial score (nSPS) is 7.50. The van der Waals surface area contributed by atoms with E-state index in [4.69, 9.17) is 0 Å². The van der Waals surface area contributed by atoms with Gasteiger partial charge >= 0.3 is 122 Å². The fourth-order valence-electron chi connectivity index (χ4n) is 0.339. The maximum absolute atomic E-state index is 9.67. The summed E-state index contributed by atoms with van der Waals surface area (Å²) in [5, 5.41) is 1.14. The van der Waals surface area contributed by atoms with Gasteiger partial charge in [0, 0.05) is 0 Å². The Kier molecular flexibility index (Phi) is 19.5. The summed E-state index contributed by atoms with van der Waals surface area (Å²) in [4.78, 5) is 9.67. The van der Waals surface area contributed by atoms with Crippen LogP contribution in [0.2, 0.25) is 5.13 Å². The minimum atomic E-state index is 0. The van der Waals surface area contributed by atoms with Crippen molar-refractivity contribution in [2.45, 2.75) is 24.4 Å². The van der Waals surface area contributed by atoms with Crippen molar-refractivity contribution in [3.05, 3.63) is 0 Å². The topological polar surface area (TPSA) is 17.1 Å². The molecule has 0 aliphatic heterocycles. The SMILES string of the molecule is O=CCCC[CH2][V].[CsH]. The molecular formula is C5H10CsOV. The van der Waals surface area contributed by atoms with Crippen LogP contribution in [-0.2, 0) is 22.2 Å². The van der Waals surface area contributed by atoms with Gasteiger partial charge in [0.2, 0.25) is 0 Å². The number of aldehydes is 1. The molecular weight excluding hydrogens is 260 g/mol. The fourth-order valence-corrected chi connectivity index (χ4v) is 0.689. The Labute approximate surface area is 119 Å². The van der Waals surface area contributed by atoms with Gasteiger partial charge in [0.15, 0.2) is 0 Å². The Balaban J connectivity index is 0. The van der Waals surface area contributed by atoms with Crippen molar-refractivity contribution in [3.8, 4) is 0 Å². The number of carbonyl (C=O) groups excluding carboxylic acids is 1. The van der Waals surface area contributed by atoms with Gasteiger partial charge in [0.25, 0.3) is 0 Å². The summed E-state index contributed by atoms with van der Waals surface area (Å²) in [5.41, 5.74) is 0. The molecule has 8 heavy (non-hydrogen) atoms. The van der Waals surface area contributed by atoms with E-state index in [2.05, 4.69) is 17.4 Å². The molecule has 0 unspecified atom stereocenters. The summed E-state index contributed by atoms with van der Waals surface area (Å²) in [6.07, 6.45) is 3.93.